The van der Waals surface area contributed by atoms with Gasteiger partial charge in [0.1, 0.15) is 5.82 Å². The van der Waals surface area contributed by atoms with Gasteiger partial charge in [-0.05, 0) is 37.3 Å². The van der Waals surface area contributed by atoms with Gasteiger partial charge >= 0.3 is 0 Å². The number of sulfonamides is 1. The van der Waals surface area contributed by atoms with E-state index in [1.807, 2.05) is 19.9 Å². The Morgan fingerprint density at radius 1 is 1.14 bits per heavy atom. The van der Waals surface area contributed by atoms with E-state index in [0.717, 1.165) is 29.3 Å². The van der Waals surface area contributed by atoms with Gasteiger partial charge in [0.15, 0.2) is 0 Å². The summed E-state index contributed by atoms with van der Waals surface area (Å²) in [4.78, 5) is 16.7. The first-order valence-electron chi connectivity index (χ1n) is 9.17. The Labute approximate surface area is 170 Å². The number of aromatic nitrogens is 4. The molecule has 0 aliphatic rings. The molecule has 0 bridgehead atoms. The summed E-state index contributed by atoms with van der Waals surface area (Å²) in [6.07, 6.45) is 2.47. The van der Waals surface area contributed by atoms with Gasteiger partial charge in [-0.15, -0.1) is 0 Å². The quantitative estimate of drug-likeness (QED) is 0.458. The van der Waals surface area contributed by atoms with Crippen molar-refractivity contribution in [3.63, 3.8) is 0 Å². The minimum atomic E-state index is -3.57. The van der Waals surface area contributed by atoms with Gasteiger partial charge in [0.25, 0.3) is 0 Å². The van der Waals surface area contributed by atoms with E-state index in [-0.39, 0.29) is 11.4 Å². The second kappa shape index (κ2) is 9.12. The van der Waals surface area contributed by atoms with Gasteiger partial charge in [0.2, 0.25) is 16.0 Å². The van der Waals surface area contributed by atoms with Crippen LogP contribution in [0.25, 0.3) is 11.4 Å². The molecule has 0 saturated carbocycles. The molecule has 0 unspecified atom stereocenters. The van der Waals surface area contributed by atoms with Crippen molar-refractivity contribution in [3.05, 3.63) is 48.0 Å². The number of nitrogens with one attached hydrogen (secondary N) is 3. The van der Waals surface area contributed by atoms with Crippen molar-refractivity contribution in [1.82, 2.24) is 24.7 Å². The summed E-state index contributed by atoms with van der Waals surface area (Å²) in [6.45, 7) is 4.49. The lowest BCUT2D eigenvalue weighted by Crippen LogP contribution is -2.27. The first-order chi connectivity index (χ1) is 13.9. The lowest BCUT2D eigenvalue weighted by molar-refractivity contribution is 0.204. The van der Waals surface area contributed by atoms with Crippen LogP contribution in [0.1, 0.15) is 18.4 Å². The number of aromatic amines is 1. The minimum absolute atomic E-state index is 0.175. The largest absolute Gasteiger partial charge is 0.383 e. The van der Waals surface area contributed by atoms with Crippen LogP contribution in [-0.2, 0) is 21.2 Å². The normalized spacial score (nSPS) is 11.6. The Hall–Kier alpha value is -2.82. The van der Waals surface area contributed by atoms with Crippen LogP contribution in [0.15, 0.2) is 41.4 Å². The Balaban J connectivity index is 1.74. The molecule has 1 aromatic carbocycles. The van der Waals surface area contributed by atoms with Gasteiger partial charge in [-0.3, -0.25) is 0 Å². The zero-order valence-electron chi connectivity index (χ0n) is 16.6. The maximum atomic E-state index is 12.2. The van der Waals surface area contributed by atoms with E-state index in [0.29, 0.717) is 18.2 Å². The first kappa shape index (κ1) is 20.9. The first-order valence-corrected chi connectivity index (χ1v) is 10.7. The number of methoxy groups -OCH3 is 1. The number of imidazole rings is 1. The topological polar surface area (TPSA) is 122 Å². The van der Waals surface area contributed by atoms with Gasteiger partial charge < -0.3 is 15.0 Å². The van der Waals surface area contributed by atoms with Crippen LogP contribution in [-0.4, -0.2) is 48.6 Å². The predicted octanol–water partition coefficient (Wildman–Crippen LogP) is 2.41. The molecule has 29 heavy (non-hydrogen) atoms. The SMILES string of the molecule is CCc1nc(C)c(-c2ccnc(Nc3ccc(S(=O)(=O)NCCOC)cc3)n2)[nH]1. The summed E-state index contributed by atoms with van der Waals surface area (Å²) in [5.74, 6) is 1.31. The summed E-state index contributed by atoms with van der Waals surface area (Å²) in [6, 6.07) is 8.18. The number of nitrogens with zero attached hydrogens (tertiary/aromatic N) is 3. The van der Waals surface area contributed by atoms with Gasteiger partial charge in [-0.2, -0.15) is 0 Å². The summed E-state index contributed by atoms with van der Waals surface area (Å²) < 4.78 is 31.8. The Kier molecular flexibility index (Phi) is 6.57. The van der Waals surface area contributed by atoms with Crippen LogP contribution in [0.3, 0.4) is 0 Å². The van der Waals surface area contributed by atoms with Crippen LogP contribution in [0.2, 0.25) is 0 Å². The fourth-order valence-electron chi connectivity index (χ4n) is 2.70. The van der Waals surface area contributed by atoms with Crippen LogP contribution in [0.4, 0.5) is 11.6 Å². The maximum Gasteiger partial charge on any atom is 0.240 e. The number of ether oxygens (including phenoxy) is 1. The predicted molar refractivity (Wildman–Crippen MR) is 111 cm³/mol. The summed E-state index contributed by atoms with van der Waals surface area (Å²) in [5, 5.41) is 3.09. The lowest BCUT2D eigenvalue weighted by atomic mass is 10.2. The average molecular weight is 417 g/mol. The van der Waals surface area contributed by atoms with Crippen molar-refractivity contribution >= 4 is 21.7 Å². The monoisotopic (exact) mass is 416 g/mol. The average Bonchev–Trinajstić information content (AvgIpc) is 3.10. The van der Waals surface area contributed by atoms with Gasteiger partial charge in [0, 0.05) is 32.0 Å². The number of hydrogen-bond acceptors (Lipinski definition) is 7. The molecule has 154 valence electrons. The summed E-state index contributed by atoms with van der Waals surface area (Å²) in [5.41, 5.74) is 3.14. The van der Waals surface area contributed by atoms with E-state index in [4.69, 9.17) is 4.74 Å². The van der Waals surface area contributed by atoms with Gasteiger partial charge in [0.05, 0.1) is 28.6 Å². The Morgan fingerprint density at radius 3 is 2.55 bits per heavy atom. The molecule has 0 spiro atoms. The number of benzene rings is 1. The molecule has 9 nitrogen and oxygen atoms in total. The molecule has 0 saturated heterocycles. The zero-order valence-corrected chi connectivity index (χ0v) is 17.4. The molecule has 0 aliphatic carbocycles. The van der Waals surface area contributed by atoms with Gasteiger partial charge in [-0.1, -0.05) is 6.92 Å². The highest BCUT2D eigenvalue weighted by atomic mass is 32.2. The third kappa shape index (κ3) is 5.17. The lowest BCUT2D eigenvalue weighted by Gasteiger charge is -2.09. The zero-order chi connectivity index (χ0) is 20.9. The van der Waals surface area contributed by atoms with Crippen molar-refractivity contribution in [1.29, 1.82) is 0 Å². The highest BCUT2D eigenvalue weighted by molar-refractivity contribution is 7.89. The number of aryl methyl sites for hydroxylation is 2. The third-order valence-electron chi connectivity index (χ3n) is 4.20. The molecule has 0 atom stereocenters. The highest BCUT2D eigenvalue weighted by Crippen LogP contribution is 2.22. The molecule has 3 rings (SSSR count). The highest BCUT2D eigenvalue weighted by Gasteiger charge is 2.14. The van der Waals surface area contributed by atoms with Crippen LogP contribution in [0.5, 0.6) is 0 Å². The second-order valence-electron chi connectivity index (χ2n) is 6.30. The Bertz CT molecular complexity index is 1060. The van der Waals surface area contributed by atoms with E-state index in [1.54, 1.807) is 18.3 Å². The molecule has 0 aliphatic heterocycles. The molecule has 0 fully saturated rings. The maximum absolute atomic E-state index is 12.2. The fraction of sp³-hybridized carbons (Fsp3) is 0.316. The van der Waals surface area contributed by atoms with Crippen LogP contribution >= 0.6 is 0 Å². The van der Waals surface area contributed by atoms with Crippen molar-refractivity contribution in [2.24, 2.45) is 0 Å². The second-order valence-corrected chi connectivity index (χ2v) is 8.07. The third-order valence-corrected chi connectivity index (χ3v) is 5.68. The molecule has 10 heteroatoms. The summed E-state index contributed by atoms with van der Waals surface area (Å²) in [7, 11) is -2.05. The van der Waals surface area contributed by atoms with E-state index in [9.17, 15) is 8.42 Å². The molecular formula is C19H24N6O3S. The van der Waals surface area contributed by atoms with Crippen molar-refractivity contribution in [3.8, 4) is 11.4 Å². The standard InChI is InChI=1S/C19H24N6O3S/c1-4-17-22-13(2)18(25-17)16-9-10-20-19(24-16)23-14-5-7-15(8-6-14)29(26,27)21-11-12-28-3/h5-10,21H,4,11-12H2,1-3H3,(H,22,25)(H,20,23,24). The Morgan fingerprint density at radius 2 is 1.90 bits per heavy atom. The molecule has 3 N–H and O–H groups in total. The molecule has 0 amide bonds. The molecular weight excluding hydrogens is 392 g/mol. The van der Waals surface area contributed by atoms with Crippen molar-refractivity contribution in [2.45, 2.75) is 25.2 Å². The van der Waals surface area contributed by atoms with Crippen molar-refractivity contribution < 1.29 is 13.2 Å². The molecule has 0 radical (unpaired) electrons. The van der Waals surface area contributed by atoms with E-state index >= 15 is 0 Å². The molecule has 3 aromatic rings. The van der Waals surface area contributed by atoms with Crippen LogP contribution < -0.4 is 10.0 Å². The minimum Gasteiger partial charge on any atom is -0.383 e. The van der Waals surface area contributed by atoms with E-state index in [1.165, 1.54) is 19.2 Å². The van der Waals surface area contributed by atoms with Gasteiger partial charge in [-0.25, -0.2) is 28.1 Å². The number of H-pyrrole nitrogens is 1. The smallest absolute Gasteiger partial charge is 0.240 e. The van der Waals surface area contributed by atoms with E-state index in [2.05, 4.69) is 30.0 Å². The number of hydrogen-bond donors (Lipinski definition) is 3. The summed E-state index contributed by atoms with van der Waals surface area (Å²) >= 11 is 0. The molecule has 2 heterocycles. The van der Waals surface area contributed by atoms with Crippen LogP contribution in [0, 0.1) is 6.92 Å². The number of anilines is 2. The fourth-order valence-corrected chi connectivity index (χ4v) is 3.72. The number of rotatable bonds is 9. The van der Waals surface area contributed by atoms with Crippen molar-refractivity contribution in [2.75, 3.05) is 25.6 Å². The van der Waals surface area contributed by atoms with E-state index < -0.39 is 10.0 Å². The molecule has 2 aromatic heterocycles.